The van der Waals surface area contributed by atoms with Crippen LogP contribution in [0.25, 0.3) is 0 Å². The van der Waals surface area contributed by atoms with Gasteiger partial charge in [0.2, 0.25) is 0 Å². The van der Waals surface area contributed by atoms with Crippen LogP contribution in [0, 0.1) is 0 Å². The molecule has 1 aliphatic rings. The molecule has 0 spiro atoms. The minimum atomic E-state index is -0.292. The molecule has 1 fully saturated rings. The van der Waals surface area contributed by atoms with Gasteiger partial charge in [-0.25, -0.2) is 4.68 Å². The van der Waals surface area contributed by atoms with Gasteiger partial charge in [-0.1, -0.05) is 28.9 Å². The van der Waals surface area contributed by atoms with Crippen molar-refractivity contribution in [1.29, 1.82) is 0 Å². The first kappa shape index (κ1) is 21.1. The minimum Gasteiger partial charge on any atom is -0.456 e. The Kier molecular flexibility index (Phi) is 7.09. The van der Waals surface area contributed by atoms with Crippen LogP contribution < -0.4 is 15.4 Å². The lowest BCUT2D eigenvalue weighted by atomic mass is 10.1. The van der Waals surface area contributed by atoms with E-state index in [0.717, 1.165) is 25.9 Å². The summed E-state index contributed by atoms with van der Waals surface area (Å²) in [7, 11) is 0. The van der Waals surface area contributed by atoms with Gasteiger partial charge in [0.15, 0.2) is 5.69 Å². The molecule has 0 aliphatic carbocycles. The summed E-state index contributed by atoms with van der Waals surface area (Å²) in [5, 5.41) is 14.8. The number of carbonyl (C=O) groups is 1. The molecule has 0 unspecified atom stereocenters. The van der Waals surface area contributed by atoms with Crippen LogP contribution >= 0.6 is 24.0 Å². The zero-order chi connectivity index (χ0) is 19.3. The molecule has 0 saturated carbocycles. The van der Waals surface area contributed by atoms with Crippen LogP contribution in [0.5, 0.6) is 11.5 Å². The fourth-order valence-electron chi connectivity index (χ4n) is 3.09. The van der Waals surface area contributed by atoms with Crippen molar-refractivity contribution in [1.82, 2.24) is 20.3 Å². The molecule has 7 nitrogen and oxygen atoms in total. The van der Waals surface area contributed by atoms with Crippen molar-refractivity contribution in [2.45, 2.75) is 18.9 Å². The monoisotopic (exact) mass is 433 g/mol. The van der Waals surface area contributed by atoms with Crippen LogP contribution in [0.1, 0.15) is 29.4 Å². The summed E-state index contributed by atoms with van der Waals surface area (Å²) in [6.07, 6.45) is 3.68. The Balaban J connectivity index is 0.00000240. The summed E-state index contributed by atoms with van der Waals surface area (Å²) < 4.78 is 7.54. The third kappa shape index (κ3) is 5.26. The topological polar surface area (TPSA) is 81.1 Å². The average molecular weight is 434 g/mol. The standard InChI is InChI=1S/C20H20ClN5O2.ClH/c21-17-3-1-2-4-19(17)28-16-7-5-14(6-8-16)23-20(27)18-13-26(25-24-18)15-9-11-22-12-10-15;/h1-8,13,15,22H,9-12H2,(H,23,27);1H. The lowest BCUT2D eigenvalue weighted by molar-refractivity contribution is 0.102. The van der Waals surface area contributed by atoms with Gasteiger partial charge in [0.25, 0.3) is 5.91 Å². The Morgan fingerprint density at radius 3 is 2.59 bits per heavy atom. The fourth-order valence-corrected chi connectivity index (χ4v) is 3.26. The number of anilines is 1. The second-order valence-corrected chi connectivity index (χ2v) is 6.98. The van der Waals surface area contributed by atoms with Crippen LogP contribution in [-0.4, -0.2) is 34.0 Å². The van der Waals surface area contributed by atoms with Crippen molar-refractivity contribution in [2.24, 2.45) is 0 Å². The Morgan fingerprint density at radius 2 is 1.86 bits per heavy atom. The van der Waals surface area contributed by atoms with E-state index in [0.29, 0.717) is 27.9 Å². The molecule has 29 heavy (non-hydrogen) atoms. The summed E-state index contributed by atoms with van der Waals surface area (Å²) in [5.74, 6) is 0.915. The molecule has 152 valence electrons. The van der Waals surface area contributed by atoms with Gasteiger partial charge < -0.3 is 15.4 Å². The van der Waals surface area contributed by atoms with E-state index in [2.05, 4.69) is 20.9 Å². The van der Waals surface area contributed by atoms with E-state index in [9.17, 15) is 4.79 Å². The lowest BCUT2D eigenvalue weighted by Gasteiger charge is -2.22. The maximum absolute atomic E-state index is 12.4. The highest BCUT2D eigenvalue weighted by Gasteiger charge is 2.18. The van der Waals surface area contributed by atoms with Crippen molar-refractivity contribution in [2.75, 3.05) is 18.4 Å². The van der Waals surface area contributed by atoms with Gasteiger partial charge in [-0.15, -0.1) is 17.5 Å². The van der Waals surface area contributed by atoms with E-state index in [1.54, 1.807) is 47.3 Å². The van der Waals surface area contributed by atoms with Crippen LogP contribution in [0.15, 0.2) is 54.7 Å². The molecule has 2 N–H and O–H groups in total. The minimum absolute atomic E-state index is 0. The van der Waals surface area contributed by atoms with Gasteiger partial charge in [0.1, 0.15) is 11.5 Å². The molecule has 0 atom stereocenters. The first-order chi connectivity index (χ1) is 13.7. The zero-order valence-corrected chi connectivity index (χ0v) is 17.1. The summed E-state index contributed by atoms with van der Waals surface area (Å²) in [4.78, 5) is 12.4. The first-order valence-electron chi connectivity index (χ1n) is 9.15. The molecule has 3 aromatic rings. The number of halogens is 2. The number of nitrogens with one attached hydrogen (secondary N) is 2. The largest absolute Gasteiger partial charge is 0.456 e. The third-order valence-electron chi connectivity index (χ3n) is 4.60. The molecule has 1 amide bonds. The molecule has 1 aromatic heterocycles. The number of amides is 1. The van der Waals surface area contributed by atoms with Crippen molar-refractivity contribution in [3.63, 3.8) is 0 Å². The number of piperidine rings is 1. The molecule has 4 rings (SSSR count). The van der Waals surface area contributed by atoms with E-state index >= 15 is 0 Å². The Labute approximate surface area is 179 Å². The van der Waals surface area contributed by atoms with Crippen molar-refractivity contribution in [3.8, 4) is 11.5 Å². The molecule has 2 aromatic carbocycles. The number of rotatable bonds is 5. The molecule has 1 saturated heterocycles. The van der Waals surface area contributed by atoms with Gasteiger partial charge in [0.05, 0.1) is 17.3 Å². The average Bonchev–Trinajstić information content (AvgIpc) is 3.22. The van der Waals surface area contributed by atoms with E-state index in [4.69, 9.17) is 16.3 Å². The molecular weight excluding hydrogens is 413 g/mol. The normalized spacial score (nSPS) is 14.1. The van der Waals surface area contributed by atoms with Crippen molar-refractivity contribution < 1.29 is 9.53 Å². The van der Waals surface area contributed by atoms with E-state index < -0.39 is 0 Å². The maximum Gasteiger partial charge on any atom is 0.277 e. The fraction of sp³-hybridized carbons (Fsp3) is 0.250. The Morgan fingerprint density at radius 1 is 1.14 bits per heavy atom. The molecule has 0 bridgehead atoms. The number of para-hydroxylation sites is 1. The van der Waals surface area contributed by atoms with Crippen LogP contribution in [-0.2, 0) is 0 Å². The Hall–Kier alpha value is -2.61. The van der Waals surface area contributed by atoms with Crippen molar-refractivity contribution in [3.05, 3.63) is 65.4 Å². The number of benzene rings is 2. The van der Waals surface area contributed by atoms with Crippen LogP contribution in [0.2, 0.25) is 5.02 Å². The lowest BCUT2D eigenvalue weighted by Crippen LogP contribution is -2.29. The van der Waals surface area contributed by atoms with Crippen LogP contribution in [0.3, 0.4) is 0 Å². The number of hydrogen-bond donors (Lipinski definition) is 2. The van der Waals surface area contributed by atoms with E-state index in [1.165, 1.54) is 0 Å². The highest BCUT2D eigenvalue weighted by molar-refractivity contribution is 6.32. The molecule has 2 heterocycles. The number of aromatic nitrogens is 3. The smallest absolute Gasteiger partial charge is 0.277 e. The molecular formula is C20H21Cl2N5O2. The van der Waals surface area contributed by atoms with Gasteiger partial charge in [-0.05, 0) is 62.3 Å². The summed E-state index contributed by atoms with van der Waals surface area (Å²) >= 11 is 6.10. The second-order valence-electron chi connectivity index (χ2n) is 6.58. The number of nitrogens with zero attached hydrogens (tertiary/aromatic N) is 3. The third-order valence-corrected chi connectivity index (χ3v) is 4.91. The van der Waals surface area contributed by atoms with E-state index in [-0.39, 0.29) is 24.4 Å². The van der Waals surface area contributed by atoms with Crippen LogP contribution in [0.4, 0.5) is 5.69 Å². The predicted octanol–water partition coefficient (Wildman–Crippen LogP) is 4.32. The van der Waals surface area contributed by atoms with Crippen molar-refractivity contribution >= 4 is 35.6 Å². The van der Waals surface area contributed by atoms with Gasteiger partial charge in [-0.2, -0.15) is 0 Å². The molecule has 9 heteroatoms. The number of carbonyl (C=O) groups excluding carboxylic acids is 1. The Bertz CT molecular complexity index is 956. The summed E-state index contributed by atoms with van der Waals surface area (Å²) in [6.45, 7) is 1.91. The molecule has 0 radical (unpaired) electrons. The number of ether oxygens (including phenoxy) is 1. The van der Waals surface area contributed by atoms with Gasteiger partial charge >= 0.3 is 0 Å². The first-order valence-corrected chi connectivity index (χ1v) is 9.53. The highest BCUT2D eigenvalue weighted by atomic mass is 35.5. The SMILES string of the molecule is Cl.O=C(Nc1ccc(Oc2ccccc2Cl)cc1)c1cn(C2CCNCC2)nn1. The highest BCUT2D eigenvalue weighted by Crippen LogP contribution is 2.29. The zero-order valence-electron chi connectivity index (χ0n) is 15.5. The predicted molar refractivity (Wildman–Crippen MR) is 114 cm³/mol. The number of hydrogen-bond acceptors (Lipinski definition) is 5. The van der Waals surface area contributed by atoms with Gasteiger partial charge in [0, 0.05) is 5.69 Å². The summed E-state index contributed by atoms with van der Waals surface area (Å²) in [5.41, 5.74) is 0.947. The van der Waals surface area contributed by atoms with E-state index in [1.807, 2.05) is 12.1 Å². The summed E-state index contributed by atoms with van der Waals surface area (Å²) in [6, 6.07) is 14.6. The molecule has 1 aliphatic heterocycles. The second kappa shape index (κ2) is 9.73. The quantitative estimate of drug-likeness (QED) is 0.625. The maximum atomic E-state index is 12.4. The van der Waals surface area contributed by atoms with Gasteiger partial charge in [-0.3, -0.25) is 4.79 Å².